The largest absolute Gasteiger partial charge is 0.344 e. The van der Waals surface area contributed by atoms with Crippen molar-refractivity contribution in [3.8, 4) is 0 Å². The molecule has 3 heteroatoms. The predicted octanol–water partition coefficient (Wildman–Crippen LogP) is 5.76. The Morgan fingerprint density at radius 2 is 2.07 bits per heavy atom. The summed E-state index contributed by atoms with van der Waals surface area (Å²) in [6.45, 7) is 8.79. The van der Waals surface area contributed by atoms with Crippen LogP contribution in [0.1, 0.15) is 44.6 Å². The number of benzene rings is 1. The van der Waals surface area contributed by atoms with Crippen LogP contribution >= 0.6 is 11.8 Å². The van der Waals surface area contributed by atoms with E-state index in [0.29, 0.717) is 0 Å². The monoisotopic (exact) mass is 393 g/mol. The van der Waals surface area contributed by atoms with Crippen LogP contribution in [0.25, 0.3) is 0 Å². The zero-order valence-electron chi connectivity index (χ0n) is 17.4. The molecular formula is C25H33N2S+. The van der Waals surface area contributed by atoms with Crippen molar-refractivity contribution < 1.29 is 4.58 Å². The molecule has 0 N–H and O–H groups in total. The van der Waals surface area contributed by atoms with Gasteiger partial charge in [0.25, 0.3) is 0 Å². The van der Waals surface area contributed by atoms with Crippen molar-refractivity contribution in [2.45, 2.75) is 44.4 Å². The third-order valence-corrected chi connectivity index (χ3v) is 7.90. The van der Waals surface area contributed by atoms with E-state index in [2.05, 4.69) is 78.6 Å². The summed E-state index contributed by atoms with van der Waals surface area (Å²) in [5.41, 5.74) is 3.98. The van der Waals surface area contributed by atoms with Crippen molar-refractivity contribution in [3.05, 3.63) is 66.4 Å². The summed E-state index contributed by atoms with van der Waals surface area (Å²) in [5, 5.41) is 1.37. The average molecular weight is 394 g/mol. The molecule has 1 fully saturated rings. The fraction of sp³-hybridized carbons (Fsp3) is 0.480. The molecule has 3 aliphatic rings. The standard InChI is InChI=1S/C25H33N2S/c1-4-25(2)21-12-7-8-13-22(21)27(17-16-20-10-5-6-11-20)23(25)14-9-15-24-26(3)18-19-28-24/h4,7-9,12-15,20H,1,5-6,10-11,16-19H2,2-3H3/q+1. The second-order valence-electron chi connectivity index (χ2n) is 8.53. The summed E-state index contributed by atoms with van der Waals surface area (Å²) >= 11 is 1.95. The summed E-state index contributed by atoms with van der Waals surface area (Å²) in [6, 6.07) is 8.89. The van der Waals surface area contributed by atoms with Crippen LogP contribution in [0.2, 0.25) is 0 Å². The van der Waals surface area contributed by atoms with E-state index in [1.54, 1.807) is 0 Å². The number of anilines is 1. The third-order valence-electron chi connectivity index (χ3n) is 6.77. The number of allylic oxidation sites excluding steroid dienone is 3. The molecule has 1 aromatic carbocycles. The molecule has 2 aliphatic heterocycles. The van der Waals surface area contributed by atoms with Gasteiger partial charge < -0.3 is 4.90 Å². The van der Waals surface area contributed by atoms with Gasteiger partial charge in [0.15, 0.2) is 6.54 Å². The highest BCUT2D eigenvalue weighted by atomic mass is 32.2. The van der Waals surface area contributed by atoms with Crippen molar-refractivity contribution in [2.75, 3.05) is 30.8 Å². The van der Waals surface area contributed by atoms with Crippen molar-refractivity contribution in [2.24, 2.45) is 5.92 Å². The maximum Gasteiger partial charge on any atom is 0.234 e. The number of para-hydroxylation sites is 1. The van der Waals surface area contributed by atoms with Crippen LogP contribution in [-0.2, 0) is 5.41 Å². The summed E-state index contributed by atoms with van der Waals surface area (Å²) in [4.78, 5) is 2.57. The molecule has 2 heterocycles. The lowest BCUT2D eigenvalue weighted by Gasteiger charge is -2.28. The Labute approximate surface area is 174 Å². The normalized spacial score (nSPS) is 26.8. The molecule has 0 saturated heterocycles. The summed E-state index contributed by atoms with van der Waals surface area (Å²) in [6.07, 6.45) is 15.9. The van der Waals surface area contributed by atoms with Gasteiger partial charge in [-0.1, -0.05) is 67.8 Å². The van der Waals surface area contributed by atoms with Gasteiger partial charge >= 0.3 is 0 Å². The molecule has 1 saturated carbocycles. The van der Waals surface area contributed by atoms with Gasteiger partial charge in [-0.3, -0.25) is 0 Å². The van der Waals surface area contributed by atoms with Crippen LogP contribution in [0.15, 0.2) is 60.8 Å². The van der Waals surface area contributed by atoms with E-state index in [-0.39, 0.29) is 5.41 Å². The van der Waals surface area contributed by atoms with Gasteiger partial charge in [0.05, 0.1) is 11.2 Å². The van der Waals surface area contributed by atoms with E-state index in [9.17, 15) is 0 Å². The van der Waals surface area contributed by atoms with Crippen LogP contribution in [0, 0.1) is 5.92 Å². The van der Waals surface area contributed by atoms with Crippen LogP contribution in [0.5, 0.6) is 0 Å². The highest BCUT2D eigenvalue weighted by Crippen LogP contribution is 2.49. The van der Waals surface area contributed by atoms with Gasteiger partial charge in [-0.15, -0.1) is 6.58 Å². The van der Waals surface area contributed by atoms with E-state index < -0.39 is 0 Å². The highest BCUT2D eigenvalue weighted by Gasteiger charge is 2.41. The Hall–Kier alpha value is -1.74. The second kappa shape index (κ2) is 8.32. The Kier molecular flexibility index (Phi) is 5.82. The van der Waals surface area contributed by atoms with Gasteiger partial charge in [-0.2, -0.15) is 0 Å². The maximum absolute atomic E-state index is 4.22. The lowest BCUT2D eigenvalue weighted by Crippen LogP contribution is -2.28. The molecule has 4 rings (SSSR count). The van der Waals surface area contributed by atoms with Gasteiger partial charge in [-0.05, 0) is 37.0 Å². The molecule has 2 nitrogen and oxygen atoms in total. The minimum atomic E-state index is -0.129. The Bertz CT molecular complexity index is 829. The molecular weight excluding hydrogens is 360 g/mol. The first-order chi connectivity index (χ1) is 13.6. The zero-order chi connectivity index (χ0) is 19.6. The molecule has 0 radical (unpaired) electrons. The predicted molar refractivity (Wildman–Crippen MR) is 124 cm³/mol. The first kappa shape index (κ1) is 19.6. The van der Waals surface area contributed by atoms with Crippen LogP contribution in [0.3, 0.4) is 0 Å². The molecule has 0 amide bonds. The first-order valence-electron chi connectivity index (χ1n) is 10.7. The molecule has 1 aliphatic carbocycles. The number of hydrogen-bond acceptors (Lipinski definition) is 2. The lowest BCUT2D eigenvalue weighted by molar-refractivity contribution is -0.485. The minimum Gasteiger partial charge on any atom is -0.344 e. The molecule has 28 heavy (non-hydrogen) atoms. The fourth-order valence-electron chi connectivity index (χ4n) is 4.93. The lowest BCUT2D eigenvalue weighted by atomic mass is 9.81. The number of rotatable bonds is 6. The molecule has 1 atom stereocenters. The fourth-order valence-corrected chi connectivity index (χ4v) is 5.99. The van der Waals surface area contributed by atoms with E-state index >= 15 is 0 Å². The molecule has 0 bridgehead atoms. The van der Waals surface area contributed by atoms with Gasteiger partial charge in [-0.25, -0.2) is 4.58 Å². The smallest absolute Gasteiger partial charge is 0.234 e. The van der Waals surface area contributed by atoms with Gasteiger partial charge in [0.2, 0.25) is 5.04 Å². The van der Waals surface area contributed by atoms with E-state index in [1.165, 1.54) is 59.8 Å². The quantitative estimate of drug-likeness (QED) is 0.448. The molecule has 1 unspecified atom stereocenters. The second-order valence-corrected chi connectivity index (χ2v) is 9.65. The van der Waals surface area contributed by atoms with Gasteiger partial charge in [0, 0.05) is 24.0 Å². The highest BCUT2D eigenvalue weighted by molar-refractivity contribution is 8.14. The number of hydrogen-bond donors (Lipinski definition) is 0. The number of fused-ring (bicyclic) bond motifs is 1. The third kappa shape index (κ3) is 3.61. The Morgan fingerprint density at radius 3 is 2.79 bits per heavy atom. The van der Waals surface area contributed by atoms with E-state index in [4.69, 9.17) is 0 Å². The first-order valence-corrected chi connectivity index (χ1v) is 11.7. The number of thioether (sulfide) groups is 1. The Morgan fingerprint density at radius 1 is 1.29 bits per heavy atom. The molecule has 0 aromatic heterocycles. The number of nitrogens with zero attached hydrogens (tertiary/aromatic N) is 2. The Balaban J connectivity index is 1.65. The van der Waals surface area contributed by atoms with Crippen molar-refractivity contribution in [3.63, 3.8) is 0 Å². The van der Waals surface area contributed by atoms with Crippen LogP contribution < -0.4 is 4.90 Å². The average Bonchev–Trinajstić information content (AvgIpc) is 3.42. The molecule has 0 spiro atoms. The van der Waals surface area contributed by atoms with Crippen molar-refractivity contribution >= 4 is 22.5 Å². The zero-order valence-corrected chi connectivity index (χ0v) is 18.2. The minimum absolute atomic E-state index is 0.129. The van der Waals surface area contributed by atoms with Gasteiger partial charge in [0.1, 0.15) is 7.05 Å². The van der Waals surface area contributed by atoms with Crippen molar-refractivity contribution in [1.29, 1.82) is 0 Å². The molecule has 148 valence electrons. The summed E-state index contributed by atoms with van der Waals surface area (Å²) < 4.78 is 2.34. The summed E-state index contributed by atoms with van der Waals surface area (Å²) in [7, 11) is 2.18. The van der Waals surface area contributed by atoms with E-state index in [1.807, 2.05) is 11.8 Å². The maximum atomic E-state index is 4.22. The van der Waals surface area contributed by atoms with Crippen molar-refractivity contribution in [1.82, 2.24) is 0 Å². The van der Waals surface area contributed by atoms with Crippen LogP contribution in [-0.4, -0.2) is 35.5 Å². The SMILES string of the molecule is C=CC1(C)/C(=C\C=C\C2=[N+](C)CCS2)N(CCC2CCCC2)c2ccccc21. The molecule has 1 aromatic rings. The topological polar surface area (TPSA) is 6.25 Å². The van der Waals surface area contributed by atoms with Crippen LogP contribution in [0.4, 0.5) is 5.69 Å². The summed E-state index contributed by atoms with van der Waals surface area (Å²) in [5.74, 6) is 2.09. The van der Waals surface area contributed by atoms with E-state index in [0.717, 1.165) is 19.0 Å².